The molecule has 44 heavy (non-hydrogen) atoms. The molecule has 208 valence electrons. The van der Waals surface area contributed by atoms with Crippen molar-refractivity contribution in [3.63, 3.8) is 0 Å². The molecule has 0 radical (unpaired) electrons. The number of rotatable bonds is 8. The van der Waals surface area contributed by atoms with Gasteiger partial charge >= 0.3 is 0 Å². The largest absolute Gasteiger partial charge is 0.294 e. The first-order valence-corrected chi connectivity index (χ1v) is 13.7. The Morgan fingerprint density at radius 3 is 0.636 bits per heavy atom. The molecule has 0 aliphatic heterocycles. The number of hydrogen-bond donors (Lipinski definition) is 0. The Bertz CT molecular complexity index is 1650. The van der Waals surface area contributed by atoms with Crippen molar-refractivity contribution in [1.29, 1.82) is 0 Å². The van der Waals surface area contributed by atoms with E-state index >= 15 is 0 Å². The van der Waals surface area contributed by atoms with Gasteiger partial charge in [0.25, 0.3) is 0 Å². The lowest BCUT2D eigenvalue weighted by Crippen LogP contribution is -2.59. The number of carbonyl (C=O) groups is 4. The summed E-state index contributed by atoms with van der Waals surface area (Å²) in [6.07, 6.45) is 22.0. The average Bonchev–Trinajstić information content (AvgIpc) is 3.07. The van der Waals surface area contributed by atoms with E-state index < -0.39 is 46.8 Å². The van der Waals surface area contributed by atoms with Crippen LogP contribution in [0.1, 0.15) is 63.7 Å². The van der Waals surface area contributed by atoms with Crippen LogP contribution in [0.5, 0.6) is 0 Å². The molecule has 0 heterocycles. The van der Waals surface area contributed by atoms with Gasteiger partial charge in [-0.3, -0.25) is 19.2 Å². The lowest BCUT2D eigenvalue weighted by Gasteiger charge is -2.48. The standard InChI is InChI=1S/C40H24O4/c1-5-25-9-17-29(18-10-25)37(41)33-34(38(42)30-19-11-26(6-2)12-20-30)36(40(44)32-23-15-28(8-4)16-24-32)35(33)39(43)31-21-13-27(7-3)14-22-31/h1-4,9-24,33-36H. The lowest BCUT2D eigenvalue weighted by molar-refractivity contribution is 0.00710. The molecule has 1 fully saturated rings. The number of Topliss-reactive ketones (excluding diaryl/α,β-unsaturated/α-hetero) is 4. The van der Waals surface area contributed by atoms with Gasteiger partial charge < -0.3 is 0 Å². The molecule has 0 atom stereocenters. The molecule has 4 heteroatoms. The summed E-state index contributed by atoms with van der Waals surface area (Å²) in [4.78, 5) is 56.7. The second-order valence-corrected chi connectivity index (χ2v) is 10.4. The highest BCUT2D eigenvalue weighted by Gasteiger charge is 2.62. The topological polar surface area (TPSA) is 68.3 Å². The maximum atomic E-state index is 14.2. The van der Waals surface area contributed by atoms with Crippen LogP contribution in [0.4, 0.5) is 0 Å². The molecule has 0 N–H and O–H groups in total. The summed E-state index contributed by atoms with van der Waals surface area (Å²) in [5.74, 6) is 3.83. The van der Waals surface area contributed by atoms with Gasteiger partial charge in [0, 0.05) is 68.2 Å². The van der Waals surface area contributed by atoms with Gasteiger partial charge in [-0.1, -0.05) is 72.2 Å². The van der Waals surface area contributed by atoms with Gasteiger partial charge in [-0.25, -0.2) is 0 Å². The van der Waals surface area contributed by atoms with Crippen molar-refractivity contribution in [1.82, 2.24) is 0 Å². The van der Waals surface area contributed by atoms with Crippen LogP contribution in [0.3, 0.4) is 0 Å². The van der Waals surface area contributed by atoms with E-state index in [4.69, 9.17) is 25.7 Å². The van der Waals surface area contributed by atoms with Crippen molar-refractivity contribution >= 4 is 23.1 Å². The molecule has 0 bridgehead atoms. The van der Waals surface area contributed by atoms with Crippen molar-refractivity contribution in [2.24, 2.45) is 23.7 Å². The highest BCUT2D eigenvalue weighted by Crippen LogP contribution is 2.52. The highest BCUT2D eigenvalue weighted by atomic mass is 16.2. The van der Waals surface area contributed by atoms with Crippen LogP contribution < -0.4 is 0 Å². The van der Waals surface area contributed by atoms with Crippen molar-refractivity contribution in [2.45, 2.75) is 0 Å². The summed E-state index contributed by atoms with van der Waals surface area (Å²) in [5.41, 5.74) is 3.39. The highest BCUT2D eigenvalue weighted by molar-refractivity contribution is 6.16. The van der Waals surface area contributed by atoms with Gasteiger partial charge in [-0.05, 0) is 48.5 Å². The molecule has 5 rings (SSSR count). The van der Waals surface area contributed by atoms with Crippen molar-refractivity contribution in [3.05, 3.63) is 142 Å². The van der Waals surface area contributed by atoms with E-state index in [0.29, 0.717) is 22.3 Å². The monoisotopic (exact) mass is 568 g/mol. The molecule has 0 aromatic heterocycles. The Morgan fingerprint density at radius 2 is 0.500 bits per heavy atom. The molecular weight excluding hydrogens is 544 g/mol. The normalized spacial score (nSPS) is 18.3. The molecule has 0 spiro atoms. The van der Waals surface area contributed by atoms with Crippen LogP contribution in [0.25, 0.3) is 0 Å². The van der Waals surface area contributed by atoms with Crippen LogP contribution in [0.15, 0.2) is 97.1 Å². The fraction of sp³-hybridized carbons (Fsp3) is 0.100. The van der Waals surface area contributed by atoms with Crippen LogP contribution in [-0.4, -0.2) is 23.1 Å². The first kappa shape index (κ1) is 29.3. The maximum absolute atomic E-state index is 14.2. The van der Waals surface area contributed by atoms with Gasteiger partial charge in [0.15, 0.2) is 23.1 Å². The fourth-order valence-electron chi connectivity index (χ4n) is 5.75. The molecule has 4 aromatic carbocycles. The number of hydrogen-bond acceptors (Lipinski definition) is 4. The molecule has 4 nitrogen and oxygen atoms in total. The van der Waals surface area contributed by atoms with Crippen molar-refractivity contribution in [3.8, 4) is 49.4 Å². The predicted octanol–water partition coefficient (Wildman–Crippen LogP) is 5.92. The second-order valence-electron chi connectivity index (χ2n) is 10.4. The number of carbonyl (C=O) groups excluding carboxylic acids is 4. The third-order valence-corrected chi connectivity index (χ3v) is 8.10. The molecule has 0 saturated heterocycles. The molecule has 0 unspecified atom stereocenters. The first-order chi connectivity index (χ1) is 21.3. The van der Waals surface area contributed by atoms with E-state index in [9.17, 15) is 19.2 Å². The van der Waals surface area contributed by atoms with E-state index in [1.165, 1.54) is 0 Å². The molecule has 1 aliphatic rings. The van der Waals surface area contributed by atoms with Gasteiger partial charge in [0.1, 0.15) is 0 Å². The second kappa shape index (κ2) is 12.3. The van der Waals surface area contributed by atoms with E-state index in [0.717, 1.165) is 0 Å². The maximum Gasteiger partial charge on any atom is 0.167 e. The summed E-state index contributed by atoms with van der Waals surface area (Å²) in [7, 11) is 0. The Hall–Kier alpha value is -6.20. The molecule has 0 amide bonds. The Balaban J connectivity index is 1.65. The average molecular weight is 569 g/mol. The fourth-order valence-corrected chi connectivity index (χ4v) is 5.75. The molecular formula is C40H24O4. The zero-order valence-corrected chi connectivity index (χ0v) is 23.5. The Morgan fingerprint density at radius 1 is 0.341 bits per heavy atom. The molecule has 1 aliphatic carbocycles. The SMILES string of the molecule is C#Cc1ccc(C(=O)C2C(C(=O)c3ccc(C#C)cc3)C(C(=O)c3ccc(C#C)cc3)C2C(=O)c2ccc(C#C)cc2)cc1. The van der Waals surface area contributed by atoms with Crippen LogP contribution in [0.2, 0.25) is 0 Å². The lowest BCUT2D eigenvalue weighted by atomic mass is 9.49. The van der Waals surface area contributed by atoms with Crippen molar-refractivity contribution < 1.29 is 19.2 Å². The van der Waals surface area contributed by atoms with E-state index in [-0.39, 0.29) is 22.3 Å². The third kappa shape index (κ3) is 5.38. The summed E-state index contributed by atoms with van der Waals surface area (Å²) in [5, 5.41) is 0. The number of terminal acetylenes is 4. The molecule has 4 aromatic rings. The van der Waals surface area contributed by atoms with Gasteiger partial charge in [-0.2, -0.15) is 0 Å². The van der Waals surface area contributed by atoms with Gasteiger partial charge in [-0.15, -0.1) is 25.7 Å². The van der Waals surface area contributed by atoms with Crippen LogP contribution in [-0.2, 0) is 0 Å². The summed E-state index contributed by atoms with van der Waals surface area (Å²) in [6.45, 7) is 0. The summed E-state index contributed by atoms with van der Waals surface area (Å²) < 4.78 is 0. The smallest absolute Gasteiger partial charge is 0.167 e. The summed E-state index contributed by atoms with van der Waals surface area (Å²) in [6, 6.07) is 25.5. The quantitative estimate of drug-likeness (QED) is 0.196. The minimum Gasteiger partial charge on any atom is -0.294 e. The Labute approximate surface area is 256 Å². The van der Waals surface area contributed by atoms with Crippen LogP contribution in [0, 0.1) is 73.0 Å². The van der Waals surface area contributed by atoms with Crippen LogP contribution >= 0.6 is 0 Å². The van der Waals surface area contributed by atoms with E-state index in [2.05, 4.69) is 23.7 Å². The Kier molecular flexibility index (Phi) is 8.22. The minimum atomic E-state index is -1.12. The number of ketones is 4. The van der Waals surface area contributed by atoms with E-state index in [1.54, 1.807) is 97.1 Å². The zero-order valence-electron chi connectivity index (χ0n) is 23.5. The zero-order chi connectivity index (χ0) is 31.4. The summed E-state index contributed by atoms with van der Waals surface area (Å²) >= 11 is 0. The third-order valence-electron chi connectivity index (χ3n) is 8.10. The van der Waals surface area contributed by atoms with Crippen molar-refractivity contribution in [2.75, 3.05) is 0 Å². The first-order valence-electron chi connectivity index (χ1n) is 13.7. The predicted molar refractivity (Wildman–Crippen MR) is 169 cm³/mol. The van der Waals surface area contributed by atoms with Gasteiger partial charge in [0.2, 0.25) is 0 Å². The van der Waals surface area contributed by atoms with E-state index in [1.807, 2.05) is 0 Å². The molecule has 1 saturated carbocycles. The number of benzene rings is 4. The van der Waals surface area contributed by atoms with Gasteiger partial charge in [0.05, 0.1) is 0 Å². The minimum absolute atomic E-state index is 0.277.